The number of benzene rings is 1. The molecule has 0 saturated heterocycles. The largest absolute Gasteiger partial charge is 0.493 e. The van der Waals surface area contributed by atoms with Crippen molar-refractivity contribution in [2.24, 2.45) is 0 Å². The highest BCUT2D eigenvalue weighted by atomic mass is 19.1. The molecule has 4 nitrogen and oxygen atoms in total. The molecule has 2 heterocycles. The molecule has 1 N–H and O–H groups in total. The third-order valence-corrected chi connectivity index (χ3v) is 4.38. The summed E-state index contributed by atoms with van der Waals surface area (Å²) < 4.78 is 15.2. The van der Waals surface area contributed by atoms with Gasteiger partial charge >= 0.3 is 0 Å². The van der Waals surface area contributed by atoms with E-state index in [-0.39, 0.29) is 11.7 Å². The fraction of sp³-hybridized carbons (Fsp3) is 0.294. The van der Waals surface area contributed by atoms with Crippen molar-refractivity contribution >= 4 is 11.0 Å². The molecule has 0 aliphatic heterocycles. The van der Waals surface area contributed by atoms with Gasteiger partial charge in [0.25, 0.3) is 0 Å². The summed E-state index contributed by atoms with van der Waals surface area (Å²) in [5.41, 5.74) is 4.18. The average Bonchev–Trinajstić information content (AvgIpc) is 2.85. The van der Waals surface area contributed by atoms with Crippen LogP contribution in [0.25, 0.3) is 11.0 Å². The third-order valence-electron chi connectivity index (χ3n) is 4.38. The lowest BCUT2D eigenvalue weighted by atomic mass is 9.96. The molecule has 0 bridgehead atoms. The lowest BCUT2D eigenvalue weighted by Crippen LogP contribution is -2.09. The van der Waals surface area contributed by atoms with E-state index in [9.17, 15) is 9.50 Å². The summed E-state index contributed by atoms with van der Waals surface area (Å²) in [6.07, 6.45) is 5.58. The monoisotopic (exact) mass is 297 g/mol. The fourth-order valence-corrected chi connectivity index (χ4v) is 3.37. The van der Waals surface area contributed by atoms with E-state index in [0.717, 1.165) is 42.3 Å². The lowest BCUT2D eigenvalue weighted by Gasteiger charge is -2.15. The first kappa shape index (κ1) is 13.2. The first-order chi connectivity index (χ1) is 10.7. The van der Waals surface area contributed by atoms with Crippen molar-refractivity contribution in [1.82, 2.24) is 14.5 Å². The predicted octanol–water partition coefficient (Wildman–Crippen LogP) is 3.20. The molecule has 0 radical (unpaired) electrons. The quantitative estimate of drug-likeness (QED) is 0.790. The van der Waals surface area contributed by atoms with Crippen molar-refractivity contribution in [3.8, 4) is 5.88 Å². The van der Waals surface area contributed by atoms with Gasteiger partial charge in [-0.25, -0.2) is 14.4 Å². The van der Waals surface area contributed by atoms with Crippen LogP contribution in [0.3, 0.4) is 0 Å². The Balaban J connectivity index is 1.89. The minimum atomic E-state index is -0.233. The summed E-state index contributed by atoms with van der Waals surface area (Å²) >= 11 is 0. The van der Waals surface area contributed by atoms with Crippen LogP contribution in [-0.2, 0) is 19.4 Å². The number of hydrogen-bond acceptors (Lipinski definition) is 3. The standard InChI is InChI=1S/C17H16FN3O/c18-12-7-5-11(6-8-12)9-21-14-4-2-1-3-13(14)15-16(21)19-10-20-17(15)22/h5-8,10H,1-4,9H2,(H,19,20,22). The maximum atomic E-state index is 13.1. The zero-order chi connectivity index (χ0) is 15.1. The summed E-state index contributed by atoms with van der Waals surface area (Å²) in [5, 5.41) is 10.9. The molecule has 0 atom stereocenters. The van der Waals surface area contributed by atoms with Gasteiger partial charge < -0.3 is 9.67 Å². The Hall–Kier alpha value is -2.43. The molecule has 3 aromatic rings. The summed E-state index contributed by atoms with van der Waals surface area (Å²) in [4.78, 5) is 8.31. The number of aryl methyl sites for hydroxylation is 1. The van der Waals surface area contributed by atoms with Gasteiger partial charge in [-0.3, -0.25) is 0 Å². The van der Waals surface area contributed by atoms with Crippen molar-refractivity contribution in [2.75, 3.05) is 0 Å². The molecule has 112 valence electrons. The predicted molar refractivity (Wildman–Crippen MR) is 81.3 cm³/mol. The number of aromatic hydroxyl groups is 1. The van der Waals surface area contributed by atoms with E-state index in [1.165, 1.54) is 29.7 Å². The summed E-state index contributed by atoms with van der Waals surface area (Å²) in [5.74, 6) is -0.177. The molecule has 1 aromatic carbocycles. The van der Waals surface area contributed by atoms with Gasteiger partial charge in [0, 0.05) is 12.2 Å². The zero-order valence-electron chi connectivity index (χ0n) is 12.1. The number of nitrogens with zero attached hydrogens (tertiary/aromatic N) is 3. The molecule has 4 rings (SSSR count). The van der Waals surface area contributed by atoms with Crippen molar-refractivity contribution in [2.45, 2.75) is 32.2 Å². The zero-order valence-corrected chi connectivity index (χ0v) is 12.1. The Morgan fingerprint density at radius 1 is 1.09 bits per heavy atom. The molecular weight excluding hydrogens is 281 g/mol. The van der Waals surface area contributed by atoms with E-state index in [4.69, 9.17) is 0 Å². The Kier molecular flexibility index (Phi) is 3.06. The van der Waals surface area contributed by atoms with Crippen molar-refractivity contribution in [1.29, 1.82) is 0 Å². The molecule has 1 aliphatic carbocycles. The smallest absolute Gasteiger partial charge is 0.223 e. The number of aromatic nitrogens is 3. The van der Waals surface area contributed by atoms with Crippen LogP contribution in [0.4, 0.5) is 4.39 Å². The highest BCUT2D eigenvalue weighted by molar-refractivity contribution is 5.87. The number of fused-ring (bicyclic) bond motifs is 3. The van der Waals surface area contributed by atoms with Gasteiger partial charge in [-0.05, 0) is 48.9 Å². The molecule has 0 amide bonds. The van der Waals surface area contributed by atoms with Gasteiger partial charge in [-0.2, -0.15) is 0 Å². The van der Waals surface area contributed by atoms with Crippen LogP contribution in [0.2, 0.25) is 0 Å². The van der Waals surface area contributed by atoms with Crippen molar-refractivity contribution in [3.05, 3.63) is 53.2 Å². The average molecular weight is 297 g/mol. The molecule has 22 heavy (non-hydrogen) atoms. The molecule has 5 heteroatoms. The van der Waals surface area contributed by atoms with Gasteiger partial charge in [0.05, 0.1) is 5.39 Å². The summed E-state index contributed by atoms with van der Waals surface area (Å²) in [7, 11) is 0. The van der Waals surface area contributed by atoms with Crippen molar-refractivity contribution in [3.63, 3.8) is 0 Å². The van der Waals surface area contributed by atoms with E-state index < -0.39 is 0 Å². The van der Waals surface area contributed by atoms with Crippen LogP contribution in [-0.4, -0.2) is 19.6 Å². The van der Waals surface area contributed by atoms with Crippen LogP contribution in [0.5, 0.6) is 5.88 Å². The SMILES string of the molecule is Oc1ncnc2c1c1c(n2Cc2ccc(F)cc2)CCCC1. The van der Waals surface area contributed by atoms with Crippen molar-refractivity contribution < 1.29 is 9.50 Å². The Bertz CT molecular complexity index is 839. The van der Waals surface area contributed by atoms with Crippen LogP contribution in [0.15, 0.2) is 30.6 Å². The second-order valence-corrected chi connectivity index (χ2v) is 5.74. The van der Waals surface area contributed by atoms with E-state index in [0.29, 0.717) is 6.54 Å². The Labute approximate surface area is 127 Å². The number of hydrogen-bond donors (Lipinski definition) is 1. The van der Waals surface area contributed by atoms with Crippen LogP contribution in [0, 0.1) is 5.82 Å². The molecule has 2 aromatic heterocycles. The topological polar surface area (TPSA) is 50.9 Å². The molecule has 0 saturated carbocycles. The molecule has 0 unspecified atom stereocenters. The van der Waals surface area contributed by atoms with E-state index in [1.54, 1.807) is 12.1 Å². The number of rotatable bonds is 2. The van der Waals surface area contributed by atoms with E-state index in [2.05, 4.69) is 14.5 Å². The molecule has 0 spiro atoms. The van der Waals surface area contributed by atoms with Crippen LogP contribution in [0.1, 0.15) is 29.7 Å². The maximum Gasteiger partial charge on any atom is 0.223 e. The highest BCUT2D eigenvalue weighted by Gasteiger charge is 2.23. The van der Waals surface area contributed by atoms with Gasteiger partial charge in [0.1, 0.15) is 17.8 Å². The third kappa shape index (κ3) is 2.04. The fourth-order valence-electron chi connectivity index (χ4n) is 3.37. The Morgan fingerprint density at radius 3 is 2.68 bits per heavy atom. The summed E-state index contributed by atoms with van der Waals surface area (Å²) in [6, 6.07) is 6.52. The normalized spacial score (nSPS) is 14.2. The molecule has 1 aliphatic rings. The minimum Gasteiger partial charge on any atom is -0.493 e. The summed E-state index contributed by atoms with van der Waals surface area (Å²) in [6.45, 7) is 0.628. The van der Waals surface area contributed by atoms with E-state index >= 15 is 0 Å². The maximum absolute atomic E-state index is 13.1. The molecular formula is C17H16FN3O. The first-order valence-corrected chi connectivity index (χ1v) is 7.52. The van der Waals surface area contributed by atoms with Gasteiger partial charge in [0.15, 0.2) is 0 Å². The van der Waals surface area contributed by atoms with Crippen LogP contribution >= 0.6 is 0 Å². The number of halogens is 1. The first-order valence-electron chi connectivity index (χ1n) is 7.52. The second-order valence-electron chi connectivity index (χ2n) is 5.74. The minimum absolute atomic E-state index is 0.0565. The second kappa shape index (κ2) is 5.09. The van der Waals surface area contributed by atoms with Gasteiger partial charge in [-0.1, -0.05) is 12.1 Å². The Morgan fingerprint density at radius 2 is 1.86 bits per heavy atom. The highest BCUT2D eigenvalue weighted by Crippen LogP contribution is 2.35. The lowest BCUT2D eigenvalue weighted by molar-refractivity contribution is 0.458. The van der Waals surface area contributed by atoms with Gasteiger partial charge in [-0.15, -0.1) is 0 Å². The van der Waals surface area contributed by atoms with E-state index in [1.807, 2.05) is 0 Å². The molecule has 0 fully saturated rings. The van der Waals surface area contributed by atoms with Crippen LogP contribution < -0.4 is 0 Å². The van der Waals surface area contributed by atoms with Gasteiger partial charge in [0.2, 0.25) is 5.88 Å².